The van der Waals surface area contributed by atoms with Crippen molar-refractivity contribution in [2.45, 2.75) is 90.6 Å². The highest BCUT2D eigenvalue weighted by molar-refractivity contribution is 8.90. The summed E-state index contributed by atoms with van der Waals surface area (Å²) < 4.78 is 13.6. The van der Waals surface area contributed by atoms with Crippen LogP contribution in [0.3, 0.4) is 0 Å². The van der Waals surface area contributed by atoms with Crippen LogP contribution in [0.4, 0.5) is 0 Å². The van der Waals surface area contributed by atoms with Crippen molar-refractivity contribution in [3.8, 4) is 0 Å². The Morgan fingerprint density at radius 1 is 0.760 bits per heavy atom. The number of hydrogen-bond acceptors (Lipinski definition) is 3. The van der Waals surface area contributed by atoms with Gasteiger partial charge in [0.25, 0.3) is 0 Å². The third-order valence-electron chi connectivity index (χ3n) is 6.58. The molecule has 0 aromatic carbocycles. The lowest BCUT2D eigenvalue weighted by Crippen LogP contribution is -2.30. The van der Waals surface area contributed by atoms with Crippen LogP contribution >= 0.6 is 28.3 Å². The van der Waals surface area contributed by atoms with E-state index < -0.39 is 5.55 Å². The molecule has 6 atom stereocenters. The predicted octanol–water partition coefficient (Wildman–Crippen LogP) is 8.20. The maximum Gasteiger partial charge on any atom is 0.188 e. The van der Waals surface area contributed by atoms with Gasteiger partial charge >= 0.3 is 0 Å². The minimum absolute atomic E-state index is 0.602. The summed E-state index contributed by atoms with van der Waals surface area (Å²) in [6.07, 6.45) is 7.90. The molecule has 2 aliphatic carbocycles. The first-order valence-electron chi connectivity index (χ1n) is 10.5. The van der Waals surface area contributed by atoms with Gasteiger partial charge in [-0.25, -0.2) is 0 Å². The van der Waals surface area contributed by atoms with Crippen LogP contribution in [0.1, 0.15) is 80.1 Å². The maximum atomic E-state index is 13.6. The third kappa shape index (κ3) is 6.49. The molecule has 6 unspecified atom stereocenters. The summed E-state index contributed by atoms with van der Waals surface area (Å²) in [6.45, 7) is 16.3. The molecule has 0 aliphatic heterocycles. The van der Waals surface area contributed by atoms with Crippen LogP contribution < -0.4 is 0 Å². The first kappa shape index (κ1) is 22.2. The van der Waals surface area contributed by atoms with Crippen LogP contribution in [0.5, 0.6) is 0 Å². The second-order valence-corrected chi connectivity index (χ2v) is 19.0. The van der Waals surface area contributed by atoms with Gasteiger partial charge in [-0.05, 0) is 61.2 Å². The van der Waals surface area contributed by atoms with Gasteiger partial charge in [0, 0.05) is 17.2 Å². The summed E-state index contributed by atoms with van der Waals surface area (Å²) >= 11 is 3.78. The number of rotatable bonds is 6. The first-order valence-corrected chi connectivity index (χ1v) is 15.7. The molecule has 4 heteroatoms. The van der Waals surface area contributed by atoms with E-state index >= 15 is 0 Å². The molecule has 2 fully saturated rings. The zero-order valence-electron chi connectivity index (χ0n) is 17.5. The maximum absolute atomic E-state index is 13.6. The summed E-state index contributed by atoms with van der Waals surface area (Å²) in [5.41, 5.74) is -2.20. The summed E-state index contributed by atoms with van der Waals surface area (Å²) in [4.78, 5) is 0. The van der Waals surface area contributed by atoms with Crippen LogP contribution in [0.2, 0.25) is 0 Å². The molecule has 0 amide bonds. The SMILES string of the molecule is CC1CCC(C(C)C)C(SP(C)(=O)SC2CC(C)CCC2C(C)C)C1. The zero-order valence-corrected chi connectivity index (χ0v) is 20.1. The van der Waals surface area contributed by atoms with E-state index in [0.29, 0.717) is 22.3 Å². The van der Waals surface area contributed by atoms with E-state index in [4.69, 9.17) is 0 Å². The van der Waals surface area contributed by atoms with Crippen LogP contribution in [0.25, 0.3) is 0 Å². The summed E-state index contributed by atoms with van der Waals surface area (Å²) in [7, 11) is 0. The zero-order chi connectivity index (χ0) is 18.8. The lowest BCUT2D eigenvalue weighted by atomic mass is 9.77. The molecule has 0 heterocycles. The van der Waals surface area contributed by atoms with Crippen molar-refractivity contribution in [1.82, 2.24) is 0 Å². The molecule has 1 nitrogen and oxygen atoms in total. The van der Waals surface area contributed by atoms with E-state index in [9.17, 15) is 4.57 Å². The van der Waals surface area contributed by atoms with E-state index in [1.165, 1.54) is 38.5 Å². The van der Waals surface area contributed by atoms with E-state index in [-0.39, 0.29) is 0 Å². The van der Waals surface area contributed by atoms with Gasteiger partial charge in [-0.2, -0.15) is 0 Å². The highest BCUT2D eigenvalue weighted by Crippen LogP contribution is 2.72. The van der Waals surface area contributed by atoms with Crippen LogP contribution in [0.15, 0.2) is 0 Å². The predicted molar refractivity (Wildman–Crippen MR) is 119 cm³/mol. The van der Waals surface area contributed by atoms with Gasteiger partial charge in [-0.3, -0.25) is 0 Å². The minimum Gasteiger partial charge on any atom is -0.301 e. The van der Waals surface area contributed by atoms with Crippen LogP contribution in [-0.4, -0.2) is 17.2 Å². The largest absolute Gasteiger partial charge is 0.301 e. The van der Waals surface area contributed by atoms with E-state index in [1.807, 2.05) is 22.8 Å². The fraction of sp³-hybridized carbons (Fsp3) is 1.00. The molecule has 0 bridgehead atoms. The monoisotopic (exact) mass is 404 g/mol. The molecule has 0 spiro atoms. The fourth-order valence-corrected chi connectivity index (χ4v) is 15.1. The molecule has 2 rings (SSSR count). The van der Waals surface area contributed by atoms with E-state index in [0.717, 1.165) is 23.7 Å². The summed E-state index contributed by atoms with van der Waals surface area (Å²) in [5.74, 6) is 4.54. The molecule has 2 aliphatic rings. The molecule has 148 valence electrons. The Balaban J connectivity index is 2.04. The topological polar surface area (TPSA) is 17.1 Å². The molecule has 2 saturated carbocycles. The van der Waals surface area contributed by atoms with Crippen molar-refractivity contribution in [3.63, 3.8) is 0 Å². The van der Waals surface area contributed by atoms with Crippen molar-refractivity contribution in [1.29, 1.82) is 0 Å². The first-order chi connectivity index (χ1) is 11.6. The van der Waals surface area contributed by atoms with E-state index in [2.05, 4.69) is 48.2 Å². The van der Waals surface area contributed by atoms with Gasteiger partial charge in [0.15, 0.2) is 5.55 Å². The standard InChI is InChI=1S/C21H41OPS2/c1-14(2)18-10-8-16(5)12-20(18)24-23(7,22)25-21-13-17(6)9-11-19(21)15(3)4/h14-21H,8-13H2,1-7H3. The molecule has 0 radical (unpaired) electrons. The summed E-state index contributed by atoms with van der Waals surface area (Å²) in [5, 5.41) is 1.20. The summed E-state index contributed by atoms with van der Waals surface area (Å²) in [6, 6.07) is 0. The van der Waals surface area contributed by atoms with E-state index in [1.54, 1.807) is 0 Å². The molecule has 0 aromatic rings. The molecule has 0 aromatic heterocycles. The smallest absolute Gasteiger partial charge is 0.188 e. The second kappa shape index (κ2) is 9.42. The van der Waals surface area contributed by atoms with Crippen molar-refractivity contribution >= 4 is 28.3 Å². The molecular formula is C21H41OPS2. The Hall–Kier alpha value is 0.930. The molecular weight excluding hydrogens is 363 g/mol. The normalized spacial score (nSPS) is 39.6. The Kier molecular flexibility index (Phi) is 8.37. The number of hydrogen-bond donors (Lipinski definition) is 0. The van der Waals surface area contributed by atoms with Gasteiger partial charge in [0.1, 0.15) is 0 Å². The fourth-order valence-electron chi connectivity index (χ4n) is 4.99. The minimum atomic E-state index is -2.20. The second-order valence-electron chi connectivity index (χ2n) is 9.71. The lowest BCUT2D eigenvalue weighted by molar-refractivity contribution is 0.244. The van der Waals surface area contributed by atoms with Crippen LogP contribution in [0, 0.1) is 35.5 Å². The Bertz CT molecular complexity index is 427. The van der Waals surface area contributed by atoms with Gasteiger partial charge < -0.3 is 4.57 Å². The highest BCUT2D eigenvalue weighted by Gasteiger charge is 2.39. The van der Waals surface area contributed by atoms with Gasteiger partial charge in [-0.15, -0.1) is 0 Å². The molecule has 0 N–H and O–H groups in total. The highest BCUT2D eigenvalue weighted by atomic mass is 33.1. The molecule has 25 heavy (non-hydrogen) atoms. The Morgan fingerprint density at radius 3 is 1.44 bits per heavy atom. The Labute approximate surface area is 165 Å². The van der Waals surface area contributed by atoms with Gasteiger partial charge in [0.05, 0.1) is 0 Å². The Morgan fingerprint density at radius 2 is 1.12 bits per heavy atom. The average Bonchev–Trinajstić information content (AvgIpc) is 2.45. The third-order valence-corrected chi connectivity index (χ3v) is 14.4. The van der Waals surface area contributed by atoms with Crippen molar-refractivity contribution in [2.24, 2.45) is 35.5 Å². The van der Waals surface area contributed by atoms with Gasteiger partial charge in [0.2, 0.25) is 0 Å². The quantitative estimate of drug-likeness (QED) is 0.415. The lowest BCUT2D eigenvalue weighted by Gasteiger charge is -2.40. The van der Waals surface area contributed by atoms with Crippen LogP contribution in [-0.2, 0) is 4.57 Å². The van der Waals surface area contributed by atoms with Gasteiger partial charge in [-0.1, -0.05) is 77.1 Å². The van der Waals surface area contributed by atoms with Crippen molar-refractivity contribution in [3.05, 3.63) is 0 Å². The van der Waals surface area contributed by atoms with Crippen molar-refractivity contribution < 1.29 is 4.57 Å². The average molecular weight is 405 g/mol. The molecule has 0 saturated heterocycles. The van der Waals surface area contributed by atoms with Crippen molar-refractivity contribution in [2.75, 3.05) is 6.66 Å².